The van der Waals surface area contributed by atoms with Crippen molar-refractivity contribution in [2.75, 3.05) is 11.9 Å². The molecule has 1 aromatic carbocycles. The van der Waals surface area contributed by atoms with E-state index in [-0.39, 0.29) is 0 Å². The third kappa shape index (κ3) is 2.90. The lowest BCUT2D eigenvalue weighted by Crippen LogP contribution is -2.47. The van der Waals surface area contributed by atoms with Gasteiger partial charge < -0.3 is 15.0 Å². The van der Waals surface area contributed by atoms with Gasteiger partial charge in [-0.05, 0) is 56.0 Å². The minimum atomic E-state index is 0.504. The number of hydrogen-bond donors (Lipinski definition) is 1. The summed E-state index contributed by atoms with van der Waals surface area (Å²) in [5.74, 6) is 1.94. The molecule has 3 aromatic rings. The van der Waals surface area contributed by atoms with E-state index in [4.69, 9.17) is 9.72 Å². The molecule has 3 aliphatic heterocycles. The van der Waals surface area contributed by atoms with Crippen LogP contribution in [-0.2, 0) is 6.61 Å². The smallest absolute Gasteiger partial charge is 0.131 e. The summed E-state index contributed by atoms with van der Waals surface area (Å²) >= 11 is 0. The Labute approximate surface area is 170 Å². The van der Waals surface area contributed by atoms with Crippen molar-refractivity contribution in [3.05, 3.63) is 54.5 Å². The van der Waals surface area contributed by atoms with Gasteiger partial charge in [0, 0.05) is 54.8 Å². The average Bonchev–Trinajstić information content (AvgIpc) is 3.42. The summed E-state index contributed by atoms with van der Waals surface area (Å²) in [7, 11) is 2.19. The number of nitrogens with one attached hydrogen (secondary N) is 1. The van der Waals surface area contributed by atoms with Gasteiger partial charge in [0.05, 0.1) is 11.4 Å². The number of benzene rings is 1. The largest absolute Gasteiger partial charge is 0.487 e. The Morgan fingerprint density at radius 3 is 2.72 bits per heavy atom. The number of hydrogen-bond acceptors (Lipinski definition) is 5. The molecular weight excluding hydrogens is 362 g/mol. The van der Waals surface area contributed by atoms with E-state index in [0.717, 1.165) is 28.5 Å². The molecule has 2 fully saturated rings. The Bertz CT molecular complexity index is 1040. The van der Waals surface area contributed by atoms with Crippen molar-refractivity contribution in [3.8, 4) is 22.6 Å². The number of anilines is 1. The van der Waals surface area contributed by atoms with Gasteiger partial charge in [0.25, 0.3) is 0 Å². The molecule has 2 saturated heterocycles. The second-order valence-corrected chi connectivity index (χ2v) is 8.46. The van der Waals surface area contributed by atoms with Crippen LogP contribution in [0.2, 0.25) is 0 Å². The minimum absolute atomic E-state index is 0.504. The van der Waals surface area contributed by atoms with Gasteiger partial charge >= 0.3 is 0 Å². The Morgan fingerprint density at radius 2 is 1.93 bits per heavy atom. The number of aromatic nitrogens is 3. The molecule has 2 bridgehead atoms. The van der Waals surface area contributed by atoms with Crippen LogP contribution in [0.3, 0.4) is 0 Å². The predicted molar refractivity (Wildman–Crippen MR) is 112 cm³/mol. The third-order valence-corrected chi connectivity index (χ3v) is 6.71. The standard InChI is InChI=1S/C23H25N5O/c1-27(18-11-15-3-4-16(12-18)25-15)23-8-7-19-20-6-5-17(28-10-2-9-24-28)13-22(20)29-14-21(19)26-23/h2,5-10,13,15-16,18,25H,3-4,11-12,14H2,1H3/t15-,16+,18+. The van der Waals surface area contributed by atoms with Gasteiger partial charge in [-0.1, -0.05) is 0 Å². The van der Waals surface area contributed by atoms with Crippen LogP contribution in [0.15, 0.2) is 48.8 Å². The molecule has 0 unspecified atom stereocenters. The van der Waals surface area contributed by atoms with Gasteiger partial charge in [-0.2, -0.15) is 5.10 Å². The lowest BCUT2D eigenvalue weighted by molar-refractivity contribution is 0.297. The first-order valence-corrected chi connectivity index (χ1v) is 10.5. The molecule has 6 heteroatoms. The zero-order valence-electron chi connectivity index (χ0n) is 16.6. The highest BCUT2D eigenvalue weighted by Gasteiger charge is 2.35. The Morgan fingerprint density at radius 1 is 1.10 bits per heavy atom. The fourth-order valence-electron chi connectivity index (χ4n) is 5.14. The van der Waals surface area contributed by atoms with Crippen LogP contribution in [-0.4, -0.2) is 39.9 Å². The Hall–Kier alpha value is -2.86. The van der Waals surface area contributed by atoms with Crippen LogP contribution in [0.25, 0.3) is 16.8 Å². The van der Waals surface area contributed by atoms with Crippen LogP contribution >= 0.6 is 0 Å². The number of ether oxygens (including phenoxy) is 1. The van der Waals surface area contributed by atoms with Crippen molar-refractivity contribution in [2.24, 2.45) is 0 Å². The fraction of sp³-hybridized carbons (Fsp3) is 0.391. The van der Waals surface area contributed by atoms with Crippen molar-refractivity contribution in [1.82, 2.24) is 20.1 Å². The number of rotatable bonds is 3. The maximum absolute atomic E-state index is 6.08. The Kier molecular flexibility index (Phi) is 3.87. The van der Waals surface area contributed by atoms with Gasteiger partial charge in [-0.15, -0.1) is 0 Å². The molecule has 0 saturated carbocycles. The highest BCUT2D eigenvalue weighted by atomic mass is 16.5. The van der Waals surface area contributed by atoms with Crippen LogP contribution in [0.5, 0.6) is 5.75 Å². The third-order valence-electron chi connectivity index (χ3n) is 6.71. The second-order valence-electron chi connectivity index (χ2n) is 8.46. The summed E-state index contributed by atoms with van der Waals surface area (Å²) in [5, 5.41) is 8.04. The molecular formula is C23H25N5O. The van der Waals surface area contributed by atoms with E-state index < -0.39 is 0 Å². The number of pyridine rings is 1. The molecule has 6 rings (SSSR count). The summed E-state index contributed by atoms with van der Waals surface area (Å²) in [6.45, 7) is 0.504. The van der Waals surface area contributed by atoms with Crippen molar-refractivity contribution in [1.29, 1.82) is 0 Å². The molecule has 2 aromatic heterocycles. The second kappa shape index (κ2) is 6.59. The van der Waals surface area contributed by atoms with E-state index in [9.17, 15) is 0 Å². The number of piperidine rings is 1. The summed E-state index contributed by atoms with van der Waals surface area (Å²) in [6, 6.07) is 14.5. The highest BCUT2D eigenvalue weighted by Crippen LogP contribution is 2.39. The Balaban J connectivity index is 1.29. The van der Waals surface area contributed by atoms with Crippen molar-refractivity contribution in [3.63, 3.8) is 0 Å². The van der Waals surface area contributed by atoms with E-state index in [2.05, 4.69) is 52.7 Å². The van der Waals surface area contributed by atoms with E-state index in [1.807, 2.05) is 16.9 Å². The van der Waals surface area contributed by atoms with Gasteiger partial charge in [-0.3, -0.25) is 0 Å². The molecule has 148 valence electrons. The van der Waals surface area contributed by atoms with Crippen LogP contribution in [0.4, 0.5) is 5.82 Å². The number of fused-ring (bicyclic) bond motifs is 5. The molecule has 0 aliphatic carbocycles. The zero-order chi connectivity index (χ0) is 19.4. The molecule has 0 amide bonds. The van der Waals surface area contributed by atoms with E-state index >= 15 is 0 Å². The van der Waals surface area contributed by atoms with Crippen molar-refractivity contribution in [2.45, 2.75) is 50.4 Å². The minimum Gasteiger partial charge on any atom is -0.487 e. The first-order chi connectivity index (χ1) is 14.2. The van der Waals surface area contributed by atoms with Crippen molar-refractivity contribution >= 4 is 5.82 Å². The maximum Gasteiger partial charge on any atom is 0.131 e. The summed E-state index contributed by atoms with van der Waals surface area (Å²) in [4.78, 5) is 7.37. The van der Waals surface area contributed by atoms with E-state index in [1.54, 1.807) is 6.20 Å². The lowest BCUT2D eigenvalue weighted by Gasteiger charge is -2.36. The predicted octanol–water partition coefficient (Wildman–Crippen LogP) is 3.55. The first kappa shape index (κ1) is 17.0. The maximum atomic E-state index is 6.08. The first-order valence-electron chi connectivity index (χ1n) is 10.5. The fourth-order valence-corrected chi connectivity index (χ4v) is 5.14. The average molecular weight is 387 g/mol. The van der Waals surface area contributed by atoms with E-state index in [1.165, 1.54) is 31.2 Å². The monoisotopic (exact) mass is 387 g/mol. The van der Waals surface area contributed by atoms with Crippen LogP contribution < -0.4 is 15.0 Å². The molecule has 0 spiro atoms. The van der Waals surface area contributed by atoms with Crippen molar-refractivity contribution < 1.29 is 4.74 Å². The molecule has 6 nitrogen and oxygen atoms in total. The van der Waals surface area contributed by atoms with Crippen LogP contribution in [0.1, 0.15) is 31.4 Å². The molecule has 0 radical (unpaired) electrons. The van der Waals surface area contributed by atoms with Gasteiger partial charge in [0.15, 0.2) is 0 Å². The number of nitrogens with zero attached hydrogens (tertiary/aromatic N) is 4. The quantitative estimate of drug-likeness (QED) is 0.745. The van der Waals surface area contributed by atoms with Gasteiger partial charge in [0.1, 0.15) is 18.2 Å². The SMILES string of the molecule is CN(c1ccc2c(n1)COc1cc(-n3cccn3)ccc1-2)[C@H]1C[C@H]2CC[C@@H](C1)N2. The molecule has 3 atom stereocenters. The summed E-state index contributed by atoms with van der Waals surface area (Å²) in [6.07, 6.45) is 8.78. The topological polar surface area (TPSA) is 55.2 Å². The lowest BCUT2D eigenvalue weighted by atomic mass is 9.98. The zero-order valence-corrected chi connectivity index (χ0v) is 16.6. The van der Waals surface area contributed by atoms with Crippen LogP contribution in [0, 0.1) is 0 Å². The molecule has 3 aliphatic rings. The van der Waals surface area contributed by atoms with Gasteiger partial charge in [-0.25, -0.2) is 9.67 Å². The summed E-state index contributed by atoms with van der Waals surface area (Å²) in [5.41, 5.74) is 4.29. The molecule has 29 heavy (non-hydrogen) atoms. The van der Waals surface area contributed by atoms with Gasteiger partial charge in [0.2, 0.25) is 0 Å². The normalized spacial score (nSPS) is 24.5. The molecule has 5 heterocycles. The van der Waals surface area contributed by atoms with E-state index in [0.29, 0.717) is 24.7 Å². The summed E-state index contributed by atoms with van der Waals surface area (Å²) < 4.78 is 7.93. The highest BCUT2D eigenvalue weighted by molar-refractivity contribution is 5.76. The molecule has 1 N–H and O–H groups in total.